The summed E-state index contributed by atoms with van der Waals surface area (Å²) >= 11 is 0. The van der Waals surface area contributed by atoms with Gasteiger partial charge in [0.25, 0.3) is 0 Å². The van der Waals surface area contributed by atoms with Crippen LogP contribution in [-0.2, 0) is 5.72 Å². The third kappa shape index (κ3) is 4.08. The van der Waals surface area contributed by atoms with Crippen molar-refractivity contribution < 1.29 is 9.15 Å². The number of benzene rings is 4. The van der Waals surface area contributed by atoms with Crippen molar-refractivity contribution >= 4 is 28.9 Å². The van der Waals surface area contributed by atoms with E-state index in [1.165, 1.54) is 11.1 Å². The van der Waals surface area contributed by atoms with E-state index in [9.17, 15) is 0 Å². The van der Waals surface area contributed by atoms with E-state index in [2.05, 4.69) is 91.8 Å². The highest BCUT2D eigenvalue weighted by molar-refractivity contribution is 5.77. The minimum absolute atomic E-state index is 0.572. The fourth-order valence-electron chi connectivity index (χ4n) is 4.47. The number of nitrogens with zero attached hydrogens (tertiary/aromatic N) is 1. The quantitative estimate of drug-likeness (QED) is 0.278. The molecule has 0 amide bonds. The van der Waals surface area contributed by atoms with Crippen molar-refractivity contribution in [2.75, 3.05) is 5.32 Å². The van der Waals surface area contributed by atoms with Crippen LogP contribution in [0.4, 0.5) is 5.69 Å². The standard InChI is InChI=1S/C31H26N2O2/c1-20-4-16-28-26(18-20)32-30(34-28)24-12-8-22(9-13-24)6-7-23-10-14-25(15-11-23)31(3)33-27-19-21(2)5-17-29(27)35-31/h4-19,33H,1-3H3/b7-6-. The summed E-state index contributed by atoms with van der Waals surface area (Å²) in [6.45, 7) is 6.21. The zero-order chi connectivity index (χ0) is 24.0. The van der Waals surface area contributed by atoms with Gasteiger partial charge in [-0.05, 0) is 79.4 Å². The Morgan fingerprint density at radius 2 is 1.43 bits per heavy atom. The van der Waals surface area contributed by atoms with E-state index in [0.29, 0.717) is 5.89 Å². The molecule has 1 aliphatic rings. The third-order valence-corrected chi connectivity index (χ3v) is 6.45. The molecule has 6 rings (SSSR count). The lowest BCUT2D eigenvalue weighted by Gasteiger charge is -2.25. The van der Waals surface area contributed by atoms with Crippen molar-refractivity contribution in [2.24, 2.45) is 0 Å². The first-order valence-electron chi connectivity index (χ1n) is 11.8. The summed E-state index contributed by atoms with van der Waals surface area (Å²) in [6.07, 6.45) is 4.23. The van der Waals surface area contributed by atoms with Gasteiger partial charge in [-0.25, -0.2) is 4.98 Å². The number of hydrogen-bond donors (Lipinski definition) is 1. The fraction of sp³-hybridized carbons (Fsp3) is 0.129. The summed E-state index contributed by atoms with van der Waals surface area (Å²) in [5.41, 5.74) is 8.84. The molecule has 0 radical (unpaired) electrons. The molecular formula is C31H26N2O2. The minimum Gasteiger partial charge on any atom is -0.462 e. The summed E-state index contributed by atoms with van der Waals surface area (Å²) < 4.78 is 12.2. The van der Waals surface area contributed by atoms with E-state index in [4.69, 9.17) is 9.15 Å². The molecule has 0 aliphatic carbocycles. The molecule has 0 saturated heterocycles. The number of nitrogens with one attached hydrogen (secondary N) is 1. The number of hydrogen-bond acceptors (Lipinski definition) is 4. The molecule has 4 heteroatoms. The normalized spacial score (nSPS) is 16.9. The van der Waals surface area contributed by atoms with Crippen molar-refractivity contribution in [3.8, 4) is 17.2 Å². The summed E-state index contributed by atoms with van der Waals surface area (Å²) in [5, 5.41) is 3.52. The molecule has 1 N–H and O–H groups in total. The largest absolute Gasteiger partial charge is 0.462 e. The van der Waals surface area contributed by atoms with E-state index in [1.807, 2.05) is 36.4 Å². The van der Waals surface area contributed by atoms with E-state index < -0.39 is 5.72 Å². The maximum absolute atomic E-state index is 6.24. The van der Waals surface area contributed by atoms with Gasteiger partial charge in [0.05, 0.1) is 5.69 Å². The van der Waals surface area contributed by atoms with Crippen molar-refractivity contribution in [3.63, 3.8) is 0 Å². The smallest absolute Gasteiger partial charge is 0.227 e. The molecule has 172 valence electrons. The van der Waals surface area contributed by atoms with Crippen molar-refractivity contribution in [1.29, 1.82) is 0 Å². The fourth-order valence-corrected chi connectivity index (χ4v) is 4.47. The van der Waals surface area contributed by atoms with Gasteiger partial charge in [0.15, 0.2) is 5.58 Å². The highest BCUT2D eigenvalue weighted by Crippen LogP contribution is 2.42. The Bertz CT molecular complexity index is 1560. The predicted octanol–water partition coefficient (Wildman–Crippen LogP) is 7.96. The molecule has 0 fully saturated rings. The van der Waals surface area contributed by atoms with E-state index in [0.717, 1.165) is 44.8 Å². The molecule has 5 aromatic rings. The van der Waals surface area contributed by atoms with Gasteiger partial charge in [-0.2, -0.15) is 0 Å². The third-order valence-electron chi connectivity index (χ3n) is 6.45. The van der Waals surface area contributed by atoms with Crippen LogP contribution in [-0.4, -0.2) is 4.98 Å². The van der Waals surface area contributed by atoms with Gasteiger partial charge in [-0.1, -0.05) is 60.7 Å². The highest BCUT2D eigenvalue weighted by Gasteiger charge is 2.35. The van der Waals surface area contributed by atoms with Crippen LogP contribution in [0.15, 0.2) is 89.3 Å². The molecule has 1 unspecified atom stereocenters. The van der Waals surface area contributed by atoms with Gasteiger partial charge < -0.3 is 14.5 Å². The van der Waals surface area contributed by atoms with Gasteiger partial charge in [0, 0.05) is 11.1 Å². The van der Waals surface area contributed by atoms with Crippen molar-refractivity contribution in [2.45, 2.75) is 26.5 Å². The van der Waals surface area contributed by atoms with Crippen LogP contribution in [0.25, 0.3) is 34.7 Å². The SMILES string of the molecule is Cc1ccc2c(c1)NC(C)(c1ccc(/C=C\c3ccc(-c4nc5cc(C)ccc5o4)cc3)cc1)O2. The van der Waals surface area contributed by atoms with Crippen LogP contribution >= 0.6 is 0 Å². The Labute approximate surface area is 204 Å². The maximum Gasteiger partial charge on any atom is 0.227 e. The van der Waals surface area contributed by atoms with Crippen molar-refractivity contribution in [3.05, 3.63) is 113 Å². The summed E-state index contributed by atoms with van der Waals surface area (Å²) in [4.78, 5) is 4.63. The van der Waals surface area contributed by atoms with E-state index >= 15 is 0 Å². The number of rotatable bonds is 4. The number of anilines is 1. The number of oxazole rings is 1. The second-order valence-electron chi connectivity index (χ2n) is 9.33. The van der Waals surface area contributed by atoms with Crippen LogP contribution in [0.5, 0.6) is 5.75 Å². The van der Waals surface area contributed by atoms with Crippen LogP contribution in [0.2, 0.25) is 0 Å². The average molecular weight is 459 g/mol. The van der Waals surface area contributed by atoms with Crippen LogP contribution in [0.1, 0.15) is 34.7 Å². The van der Waals surface area contributed by atoms with Crippen LogP contribution in [0, 0.1) is 13.8 Å². The number of aromatic nitrogens is 1. The lowest BCUT2D eigenvalue weighted by atomic mass is 10.0. The number of aryl methyl sites for hydroxylation is 2. The molecule has 1 aliphatic heterocycles. The zero-order valence-electron chi connectivity index (χ0n) is 20.0. The van der Waals surface area contributed by atoms with Gasteiger partial charge in [-0.15, -0.1) is 0 Å². The highest BCUT2D eigenvalue weighted by atomic mass is 16.5. The first-order chi connectivity index (χ1) is 16.9. The summed E-state index contributed by atoms with van der Waals surface area (Å²) in [5.74, 6) is 1.53. The maximum atomic E-state index is 6.24. The van der Waals surface area contributed by atoms with E-state index in [-0.39, 0.29) is 0 Å². The van der Waals surface area contributed by atoms with Gasteiger partial charge in [0.1, 0.15) is 11.3 Å². The molecule has 0 spiro atoms. The number of fused-ring (bicyclic) bond motifs is 2. The van der Waals surface area contributed by atoms with Crippen molar-refractivity contribution in [1.82, 2.24) is 4.98 Å². The molecule has 35 heavy (non-hydrogen) atoms. The second kappa shape index (κ2) is 8.17. The molecule has 0 saturated carbocycles. The van der Waals surface area contributed by atoms with Crippen LogP contribution < -0.4 is 10.1 Å². The lowest BCUT2D eigenvalue weighted by Crippen LogP contribution is -2.33. The Morgan fingerprint density at radius 3 is 2.17 bits per heavy atom. The zero-order valence-corrected chi connectivity index (χ0v) is 20.0. The Balaban J connectivity index is 1.16. The Morgan fingerprint density at radius 1 is 0.771 bits per heavy atom. The molecule has 1 aromatic heterocycles. The van der Waals surface area contributed by atoms with Gasteiger partial charge in [-0.3, -0.25) is 0 Å². The molecule has 4 aromatic carbocycles. The first kappa shape index (κ1) is 21.2. The topological polar surface area (TPSA) is 47.3 Å². The summed E-state index contributed by atoms with van der Waals surface area (Å²) in [6, 6.07) is 29.0. The molecule has 4 nitrogen and oxygen atoms in total. The van der Waals surface area contributed by atoms with Gasteiger partial charge in [0.2, 0.25) is 11.6 Å². The molecule has 2 heterocycles. The number of ether oxygens (including phenoxy) is 1. The molecule has 0 bridgehead atoms. The van der Waals surface area contributed by atoms with Gasteiger partial charge >= 0.3 is 0 Å². The monoisotopic (exact) mass is 458 g/mol. The lowest BCUT2D eigenvalue weighted by molar-refractivity contribution is 0.140. The minimum atomic E-state index is -0.572. The molecule has 1 atom stereocenters. The second-order valence-corrected chi connectivity index (χ2v) is 9.33. The first-order valence-corrected chi connectivity index (χ1v) is 11.8. The Hall–Kier alpha value is -4.31. The Kier molecular flexibility index (Phi) is 4.96. The predicted molar refractivity (Wildman–Crippen MR) is 142 cm³/mol. The van der Waals surface area contributed by atoms with E-state index in [1.54, 1.807) is 0 Å². The summed E-state index contributed by atoms with van der Waals surface area (Å²) in [7, 11) is 0. The average Bonchev–Trinajstić information content (AvgIpc) is 3.43. The molecular weight excluding hydrogens is 432 g/mol. The van der Waals surface area contributed by atoms with Crippen LogP contribution in [0.3, 0.4) is 0 Å².